The Morgan fingerprint density at radius 1 is 1.32 bits per heavy atom. The molecule has 0 spiro atoms. The van der Waals surface area contributed by atoms with Crippen LogP contribution in [0.25, 0.3) is 0 Å². The SMILES string of the molecule is O=C(NCc1ccccn1)NC1(C(=O)O)CCCC1. The van der Waals surface area contributed by atoms with Crippen LogP contribution in [0.2, 0.25) is 0 Å². The van der Waals surface area contributed by atoms with Crippen molar-refractivity contribution in [3.05, 3.63) is 30.1 Å². The van der Waals surface area contributed by atoms with Gasteiger partial charge in [-0.05, 0) is 25.0 Å². The minimum absolute atomic E-state index is 0.280. The standard InChI is InChI=1S/C13H17N3O3/c17-11(18)13(6-2-3-7-13)16-12(19)15-9-10-5-1-4-8-14-10/h1,4-5,8H,2-3,6-7,9H2,(H,17,18)(H2,15,16,19). The first-order valence-corrected chi connectivity index (χ1v) is 6.32. The number of aliphatic carboxylic acids is 1. The highest BCUT2D eigenvalue weighted by atomic mass is 16.4. The molecule has 1 aliphatic carbocycles. The van der Waals surface area contributed by atoms with Crippen LogP contribution in [0, 0.1) is 0 Å². The summed E-state index contributed by atoms with van der Waals surface area (Å²) < 4.78 is 0. The number of urea groups is 1. The van der Waals surface area contributed by atoms with Crippen molar-refractivity contribution in [1.29, 1.82) is 0 Å². The minimum atomic E-state index is -1.10. The maximum atomic E-state index is 11.8. The van der Waals surface area contributed by atoms with E-state index in [0.717, 1.165) is 18.5 Å². The minimum Gasteiger partial charge on any atom is -0.480 e. The van der Waals surface area contributed by atoms with E-state index in [9.17, 15) is 14.7 Å². The number of carboxylic acid groups (broad SMARTS) is 1. The largest absolute Gasteiger partial charge is 0.480 e. The zero-order chi connectivity index (χ0) is 13.7. The lowest BCUT2D eigenvalue weighted by Gasteiger charge is -2.25. The van der Waals surface area contributed by atoms with Crippen molar-refractivity contribution in [2.24, 2.45) is 0 Å². The molecule has 1 aromatic rings. The molecule has 2 amide bonds. The lowest BCUT2D eigenvalue weighted by molar-refractivity contribution is -0.144. The number of nitrogens with zero attached hydrogens (tertiary/aromatic N) is 1. The predicted octanol–water partition coefficient (Wildman–Crippen LogP) is 1.28. The van der Waals surface area contributed by atoms with Gasteiger partial charge in [0, 0.05) is 6.20 Å². The first-order valence-electron chi connectivity index (χ1n) is 6.32. The Hall–Kier alpha value is -2.11. The van der Waals surface area contributed by atoms with Gasteiger partial charge in [-0.1, -0.05) is 18.9 Å². The van der Waals surface area contributed by atoms with Gasteiger partial charge in [-0.3, -0.25) is 4.98 Å². The number of pyridine rings is 1. The molecule has 19 heavy (non-hydrogen) atoms. The predicted molar refractivity (Wildman–Crippen MR) is 68.4 cm³/mol. The molecule has 2 rings (SSSR count). The van der Waals surface area contributed by atoms with E-state index in [1.165, 1.54) is 0 Å². The number of carbonyl (C=O) groups excluding carboxylic acids is 1. The van der Waals surface area contributed by atoms with E-state index in [2.05, 4.69) is 15.6 Å². The molecular formula is C13H17N3O3. The summed E-state index contributed by atoms with van der Waals surface area (Å²) in [6.45, 7) is 0.280. The summed E-state index contributed by atoms with van der Waals surface area (Å²) in [5, 5.41) is 14.5. The van der Waals surface area contributed by atoms with Crippen LogP contribution in [0.1, 0.15) is 31.4 Å². The van der Waals surface area contributed by atoms with Crippen molar-refractivity contribution in [1.82, 2.24) is 15.6 Å². The fourth-order valence-corrected chi connectivity index (χ4v) is 2.31. The Balaban J connectivity index is 1.88. The van der Waals surface area contributed by atoms with Crippen LogP contribution in [0.5, 0.6) is 0 Å². The normalized spacial score (nSPS) is 16.8. The maximum Gasteiger partial charge on any atom is 0.329 e. The van der Waals surface area contributed by atoms with Crippen molar-refractivity contribution in [2.45, 2.75) is 37.8 Å². The average molecular weight is 263 g/mol. The van der Waals surface area contributed by atoms with Gasteiger partial charge in [-0.2, -0.15) is 0 Å². The second-order valence-corrected chi connectivity index (χ2v) is 4.72. The van der Waals surface area contributed by atoms with Crippen molar-refractivity contribution in [3.63, 3.8) is 0 Å². The molecule has 0 saturated heterocycles. The summed E-state index contributed by atoms with van der Waals surface area (Å²) >= 11 is 0. The molecule has 1 aliphatic rings. The summed E-state index contributed by atoms with van der Waals surface area (Å²) in [7, 11) is 0. The highest BCUT2D eigenvalue weighted by molar-refractivity contribution is 5.86. The summed E-state index contributed by atoms with van der Waals surface area (Å²) in [6.07, 6.45) is 4.27. The molecule has 0 aromatic carbocycles. The topological polar surface area (TPSA) is 91.3 Å². The molecule has 1 heterocycles. The van der Waals surface area contributed by atoms with E-state index in [-0.39, 0.29) is 6.54 Å². The Morgan fingerprint density at radius 2 is 2.05 bits per heavy atom. The van der Waals surface area contributed by atoms with Crippen LogP contribution >= 0.6 is 0 Å². The number of nitrogens with one attached hydrogen (secondary N) is 2. The Morgan fingerprint density at radius 3 is 2.63 bits per heavy atom. The van der Waals surface area contributed by atoms with Gasteiger partial charge in [0.1, 0.15) is 5.54 Å². The molecule has 1 fully saturated rings. The second kappa shape index (κ2) is 5.69. The smallest absolute Gasteiger partial charge is 0.329 e. The van der Waals surface area contributed by atoms with Crippen molar-refractivity contribution in [3.8, 4) is 0 Å². The van der Waals surface area contributed by atoms with Crippen LogP contribution in [0.3, 0.4) is 0 Å². The van der Waals surface area contributed by atoms with Gasteiger partial charge in [0.05, 0.1) is 12.2 Å². The molecule has 0 radical (unpaired) electrons. The summed E-state index contributed by atoms with van der Waals surface area (Å²) in [6, 6.07) is 4.96. The van der Waals surface area contributed by atoms with Crippen LogP contribution in [-0.4, -0.2) is 27.6 Å². The van der Waals surface area contributed by atoms with E-state index in [1.54, 1.807) is 18.3 Å². The third-order valence-corrected chi connectivity index (χ3v) is 3.38. The Bertz CT molecular complexity index is 455. The number of amides is 2. The summed E-state index contributed by atoms with van der Waals surface area (Å²) in [5.74, 6) is -0.960. The highest BCUT2D eigenvalue weighted by Gasteiger charge is 2.42. The van der Waals surface area contributed by atoms with E-state index in [0.29, 0.717) is 12.8 Å². The zero-order valence-electron chi connectivity index (χ0n) is 10.6. The van der Waals surface area contributed by atoms with Crippen LogP contribution in [0.4, 0.5) is 4.79 Å². The molecule has 1 aromatic heterocycles. The molecule has 0 aliphatic heterocycles. The zero-order valence-corrected chi connectivity index (χ0v) is 10.6. The molecule has 3 N–H and O–H groups in total. The van der Waals surface area contributed by atoms with Gasteiger partial charge in [-0.15, -0.1) is 0 Å². The molecule has 0 atom stereocenters. The first kappa shape index (κ1) is 13.3. The molecule has 102 valence electrons. The van der Waals surface area contributed by atoms with Gasteiger partial charge >= 0.3 is 12.0 Å². The van der Waals surface area contributed by atoms with Gasteiger partial charge in [-0.25, -0.2) is 9.59 Å². The average Bonchev–Trinajstić information content (AvgIpc) is 2.87. The van der Waals surface area contributed by atoms with Crippen molar-refractivity contribution < 1.29 is 14.7 Å². The van der Waals surface area contributed by atoms with Crippen LogP contribution in [0.15, 0.2) is 24.4 Å². The Kier molecular flexibility index (Phi) is 3.99. The fraction of sp³-hybridized carbons (Fsp3) is 0.462. The number of hydrogen-bond acceptors (Lipinski definition) is 3. The lowest BCUT2D eigenvalue weighted by Crippen LogP contribution is -2.55. The van der Waals surface area contributed by atoms with Gasteiger partial charge in [0.2, 0.25) is 0 Å². The van der Waals surface area contributed by atoms with E-state index >= 15 is 0 Å². The molecule has 0 bridgehead atoms. The quantitative estimate of drug-likeness (QED) is 0.763. The van der Waals surface area contributed by atoms with Gasteiger partial charge in [0.25, 0.3) is 0 Å². The van der Waals surface area contributed by atoms with E-state index in [4.69, 9.17) is 0 Å². The number of hydrogen-bond donors (Lipinski definition) is 3. The Labute approximate surface area is 111 Å². The number of aromatic nitrogens is 1. The van der Waals surface area contributed by atoms with Crippen molar-refractivity contribution >= 4 is 12.0 Å². The van der Waals surface area contributed by atoms with Crippen LogP contribution in [-0.2, 0) is 11.3 Å². The molecular weight excluding hydrogens is 246 g/mol. The molecule has 6 heteroatoms. The van der Waals surface area contributed by atoms with E-state index in [1.807, 2.05) is 6.07 Å². The third kappa shape index (κ3) is 3.21. The number of carboxylic acids is 1. The number of carbonyl (C=O) groups is 2. The molecule has 1 saturated carbocycles. The first-order chi connectivity index (χ1) is 9.12. The fourth-order valence-electron chi connectivity index (χ4n) is 2.31. The van der Waals surface area contributed by atoms with Gasteiger partial charge in [0.15, 0.2) is 0 Å². The van der Waals surface area contributed by atoms with Crippen LogP contribution < -0.4 is 10.6 Å². The third-order valence-electron chi connectivity index (χ3n) is 3.38. The van der Waals surface area contributed by atoms with Crippen molar-refractivity contribution in [2.75, 3.05) is 0 Å². The van der Waals surface area contributed by atoms with Gasteiger partial charge < -0.3 is 15.7 Å². The number of rotatable bonds is 4. The highest BCUT2D eigenvalue weighted by Crippen LogP contribution is 2.29. The molecule has 6 nitrogen and oxygen atoms in total. The lowest BCUT2D eigenvalue weighted by atomic mass is 9.98. The molecule has 0 unspecified atom stereocenters. The summed E-state index contributed by atoms with van der Waals surface area (Å²) in [5.41, 5.74) is -0.373. The monoisotopic (exact) mass is 263 g/mol. The summed E-state index contributed by atoms with van der Waals surface area (Å²) in [4.78, 5) is 27.1. The van der Waals surface area contributed by atoms with E-state index < -0.39 is 17.5 Å². The second-order valence-electron chi connectivity index (χ2n) is 4.72. The maximum absolute atomic E-state index is 11.8.